The second-order valence-corrected chi connectivity index (χ2v) is 4.50. The van der Waals surface area contributed by atoms with Crippen LogP contribution in [0.3, 0.4) is 0 Å². The van der Waals surface area contributed by atoms with Crippen molar-refractivity contribution in [1.29, 1.82) is 10.8 Å². The smallest absolute Gasteiger partial charge is 0.202 e. The highest BCUT2D eigenvalue weighted by molar-refractivity contribution is 5.97. The van der Waals surface area contributed by atoms with Crippen molar-refractivity contribution in [3.63, 3.8) is 0 Å². The van der Waals surface area contributed by atoms with E-state index in [4.69, 9.17) is 16.6 Å². The highest BCUT2D eigenvalue weighted by Crippen LogP contribution is 1.94. The van der Waals surface area contributed by atoms with Gasteiger partial charge in [-0.15, -0.1) is 0 Å². The number of nitrogens with one attached hydrogen (secondary N) is 4. The maximum atomic E-state index is 7.72. The Hall–Kier alpha value is -2.52. The number of nitrogens with zero attached hydrogens (tertiary/aromatic N) is 5. The molecule has 0 aromatic rings. The average Bonchev–Trinajstić information content (AvgIpc) is 2.50. The minimum Gasteiger partial charge on any atom is -0.370 e. The first kappa shape index (κ1) is 19.5. The predicted molar refractivity (Wildman–Crippen MR) is 91.6 cm³/mol. The van der Waals surface area contributed by atoms with Crippen LogP contribution >= 0.6 is 0 Å². The van der Waals surface area contributed by atoms with Gasteiger partial charge in [0.05, 0.1) is 6.54 Å². The first-order valence-electron chi connectivity index (χ1n) is 6.78. The van der Waals surface area contributed by atoms with Gasteiger partial charge in [0.15, 0.2) is 17.9 Å². The monoisotopic (exact) mass is 312 g/mol. The van der Waals surface area contributed by atoms with Crippen molar-refractivity contribution in [2.75, 3.05) is 55.4 Å². The lowest BCUT2D eigenvalue weighted by atomic mass is 10.5. The standard InChI is InChI=1S/C12H28N10/c1-16-10(15)22(6)11(17-2)19-7-8-20(4)12(18-3)21(5)9(13)14/h7-8H2,1-6H3,(H3,13,14)(H2,15,16)(H,17,19)/b18-12+. The van der Waals surface area contributed by atoms with Crippen LogP contribution in [-0.2, 0) is 0 Å². The maximum absolute atomic E-state index is 7.72. The highest BCUT2D eigenvalue weighted by atomic mass is 15.4. The van der Waals surface area contributed by atoms with Crippen molar-refractivity contribution in [3.05, 3.63) is 0 Å². The average molecular weight is 312 g/mol. The summed E-state index contributed by atoms with van der Waals surface area (Å²) in [6.07, 6.45) is 0. The Kier molecular flexibility index (Phi) is 8.34. The number of likely N-dealkylation sites (N-methyl/N-ethyl adjacent to an activating group) is 1. The first-order chi connectivity index (χ1) is 10.3. The summed E-state index contributed by atoms with van der Waals surface area (Å²) >= 11 is 0. The summed E-state index contributed by atoms with van der Waals surface area (Å²) in [5.74, 6) is 1.34. The molecule has 0 saturated carbocycles. The Bertz CT molecular complexity index is 441. The van der Waals surface area contributed by atoms with Crippen molar-refractivity contribution >= 4 is 23.8 Å². The third-order valence-electron chi connectivity index (χ3n) is 3.01. The second-order valence-electron chi connectivity index (χ2n) is 4.50. The van der Waals surface area contributed by atoms with Crippen LogP contribution in [0.1, 0.15) is 0 Å². The Morgan fingerprint density at radius 1 is 1.09 bits per heavy atom. The van der Waals surface area contributed by atoms with Crippen LogP contribution in [0.5, 0.6) is 0 Å². The second kappa shape index (κ2) is 9.42. The SMILES string of the molecule is C/N=C(\N(C)CC/N=C(\NC)N(C)C(=N)NC)N(C)C(=N)N. The topological polar surface area (TPSA) is 132 Å². The number of aliphatic imine (C=N–C) groups is 2. The van der Waals surface area contributed by atoms with Crippen molar-refractivity contribution in [3.8, 4) is 0 Å². The summed E-state index contributed by atoms with van der Waals surface area (Å²) < 4.78 is 0. The van der Waals surface area contributed by atoms with Crippen molar-refractivity contribution in [1.82, 2.24) is 25.3 Å². The van der Waals surface area contributed by atoms with E-state index in [9.17, 15) is 0 Å². The fourth-order valence-corrected chi connectivity index (χ4v) is 1.72. The van der Waals surface area contributed by atoms with Gasteiger partial charge in [-0.1, -0.05) is 0 Å². The third-order valence-corrected chi connectivity index (χ3v) is 3.01. The van der Waals surface area contributed by atoms with E-state index in [1.54, 1.807) is 40.1 Å². The van der Waals surface area contributed by atoms with Crippen LogP contribution < -0.4 is 16.4 Å². The van der Waals surface area contributed by atoms with Gasteiger partial charge in [-0.3, -0.25) is 30.6 Å². The van der Waals surface area contributed by atoms with Gasteiger partial charge < -0.3 is 21.3 Å². The molecule has 0 radical (unpaired) electrons. The van der Waals surface area contributed by atoms with E-state index in [1.165, 1.54) is 4.90 Å². The number of hydrogen-bond acceptors (Lipinski definition) is 4. The molecular formula is C12H28N10. The lowest BCUT2D eigenvalue weighted by Gasteiger charge is -2.27. The molecule has 0 atom stereocenters. The van der Waals surface area contributed by atoms with E-state index in [-0.39, 0.29) is 11.9 Å². The van der Waals surface area contributed by atoms with E-state index in [1.807, 2.05) is 11.9 Å². The quantitative estimate of drug-likeness (QED) is 0.315. The normalized spacial score (nSPS) is 11.7. The molecule has 0 aliphatic carbocycles. The fourth-order valence-electron chi connectivity index (χ4n) is 1.72. The minimum absolute atomic E-state index is 0.0749. The van der Waals surface area contributed by atoms with Gasteiger partial charge in [0.25, 0.3) is 0 Å². The molecule has 22 heavy (non-hydrogen) atoms. The molecule has 0 aliphatic heterocycles. The zero-order chi connectivity index (χ0) is 17.3. The van der Waals surface area contributed by atoms with Gasteiger partial charge >= 0.3 is 0 Å². The molecule has 126 valence electrons. The summed E-state index contributed by atoms with van der Waals surface area (Å²) in [6, 6.07) is 0. The van der Waals surface area contributed by atoms with Gasteiger partial charge in [0, 0.05) is 48.8 Å². The summed E-state index contributed by atoms with van der Waals surface area (Å²) in [5, 5.41) is 20.9. The Morgan fingerprint density at radius 3 is 2.09 bits per heavy atom. The molecule has 0 unspecified atom stereocenters. The molecule has 10 heteroatoms. The number of guanidine groups is 4. The largest absolute Gasteiger partial charge is 0.370 e. The van der Waals surface area contributed by atoms with Crippen LogP contribution in [0.15, 0.2) is 9.98 Å². The van der Waals surface area contributed by atoms with Gasteiger partial charge in [0.2, 0.25) is 5.96 Å². The molecule has 0 aromatic carbocycles. The molecule has 0 fully saturated rings. The highest BCUT2D eigenvalue weighted by Gasteiger charge is 2.13. The summed E-state index contributed by atoms with van der Waals surface area (Å²) in [6.45, 7) is 1.09. The zero-order valence-corrected chi connectivity index (χ0v) is 14.2. The molecular weight excluding hydrogens is 284 g/mol. The minimum atomic E-state index is -0.0749. The maximum Gasteiger partial charge on any atom is 0.202 e. The van der Waals surface area contributed by atoms with Crippen LogP contribution in [0.25, 0.3) is 0 Å². The molecule has 6 N–H and O–H groups in total. The lowest BCUT2D eigenvalue weighted by molar-refractivity contribution is 0.457. The third kappa shape index (κ3) is 5.46. The molecule has 0 amide bonds. The van der Waals surface area contributed by atoms with Gasteiger partial charge in [-0.25, -0.2) is 0 Å². The predicted octanol–water partition coefficient (Wildman–Crippen LogP) is -1.61. The Balaban J connectivity index is 4.74. The number of hydrogen-bond donors (Lipinski definition) is 5. The van der Waals surface area contributed by atoms with Crippen LogP contribution in [0, 0.1) is 10.8 Å². The Labute approximate surface area is 132 Å². The van der Waals surface area contributed by atoms with E-state index in [0.29, 0.717) is 25.0 Å². The van der Waals surface area contributed by atoms with Crippen LogP contribution in [-0.4, -0.2) is 93.9 Å². The molecule has 0 aromatic heterocycles. The fraction of sp³-hybridized carbons (Fsp3) is 0.667. The molecule has 0 bridgehead atoms. The van der Waals surface area contributed by atoms with Crippen molar-refractivity contribution in [2.24, 2.45) is 15.7 Å². The molecule has 0 saturated heterocycles. The van der Waals surface area contributed by atoms with Crippen molar-refractivity contribution < 1.29 is 0 Å². The van der Waals surface area contributed by atoms with E-state index < -0.39 is 0 Å². The lowest BCUT2D eigenvalue weighted by Crippen LogP contribution is -2.47. The number of nitrogens with two attached hydrogens (primary N) is 1. The van der Waals surface area contributed by atoms with Gasteiger partial charge in [-0.05, 0) is 0 Å². The summed E-state index contributed by atoms with van der Waals surface area (Å²) in [7, 11) is 10.4. The Morgan fingerprint density at radius 2 is 1.68 bits per heavy atom. The summed E-state index contributed by atoms with van der Waals surface area (Å²) in [5.41, 5.74) is 5.46. The summed E-state index contributed by atoms with van der Waals surface area (Å²) in [4.78, 5) is 13.5. The van der Waals surface area contributed by atoms with Gasteiger partial charge in [0.1, 0.15) is 0 Å². The molecule has 0 rings (SSSR count). The van der Waals surface area contributed by atoms with Crippen LogP contribution in [0.4, 0.5) is 0 Å². The molecule has 0 spiro atoms. The molecule has 0 aliphatic rings. The van der Waals surface area contributed by atoms with E-state index in [2.05, 4.69) is 20.6 Å². The van der Waals surface area contributed by atoms with E-state index in [0.717, 1.165) is 0 Å². The molecule has 0 heterocycles. The van der Waals surface area contributed by atoms with Gasteiger partial charge in [-0.2, -0.15) is 0 Å². The molecule has 10 nitrogen and oxygen atoms in total. The number of rotatable bonds is 3. The first-order valence-corrected chi connectivity index (χ1v) is 6.78. The van der Waals surface area contributed by atoms with Crippen LogP contribution in [0.2, 0.25) is 0 Å². The van der Waals surface area contributed by atoms with Crippen molar-refractivity contribution in [2.45, 2.75) is 0 Å². The zero-order valence-electron chi connectivity index (χ0n) is 14.2. The van der Waals surface area contributed by atoms with E-state index >= 15 is 0 Å².